The minimum atomic E-state index is 0.479. The number of hydrogen-bond donors (Lipinski definition) is 1. The summed E-state index contributed by atoms with van der Waals surface area (Å²) in [5, 5.41) is 3.69. The lowest BCUT2D eigenvalue weighted by molar-refractivity contribution is 0.162. The molecule has 0 aromatic carbocycles. The third-order valence-corrected chi connectivity index (χ3v) is 4.93. The van der Waals surface area contributed by atoms with Gasteiger partial charge in [0, 0.05) is 23.7 Å². The lowest BCUT2D eigenvalue weighted by atomic mass is 10.0. The Morgan fingerprint density at radius 1 is 1.32 bits per heavy atom. The third-order valence-electron chi connectivity index (χ3n) is 4.93. The fourth-order valence-electron chi connectivity index (χ4n) is 4.01. The Bertz CT molecular complexity index is 434. The number of nitrogens with zero attached hydrogens (tertiary/aromatic N) is 1. The molecule has 3 nitrogen and oxygen atoms in total. The molecular weight excluding hydrogens is 236 g/mol. The number of likely N-dealkylation sites (tertiary alicyclic amines) is 1. The monoisotopic (exact) mass is 262 g/mol. The van der Waals surface area contributed by atoms with Crippen molar-refractivity contribution in [2.24, 2.45) is 0 Å². The van der Waals surface area contributed by atoms with Gasteiger partial charge in [-0.2, -0.15) is 0 Å². The highest BCUT2D eigenvalue weighted by Crippen LogP contribution is 2.34. The molecule has 0 spiro atoms. The van der Waals surface area contributed by atoms with Crippen molar-refractivity contribution in [3.8, 4) is 0 Å². The van der Waals surface area contributed by atoms with Crippen LogP contribution in [-0.4, -0.2) is 30.1 Å². The zero-order chi connectivity index (χ0) is 13.4. The first-order chi connectivity index (χ1) is 9.16. The number of rotatable bonds is 3. The summed E-state index contributed by atoms with van der Waals surface area (Å²) in [6, 6.07) is 4.12. The molecule has 106 valence electrons. The van der Waals surface area contributed by atoms with Crippen LogP contribution >= 0.6 is 0 Å². The summed E-state index contributed by atoms with van der Waals surface area (Å²) in [7, 11) is 0. The average molecular weight is 262 g/mol. The second-order valence-corrected chi connectivity index (χ2v) is 6.19. The van der Waals surface area contributed by atoms with Crippen molar-refractivity contribution in [1.82, 2.24) is 10.2 Å². The molecule has 3 atom stereocenters. The number of hydrogen-bond acceptors (Lipinski definition) is 3. The van der Waals surface area contributed by atoms with Crippen molar-refractivity contribution in [3.05, 3.63) is 23.2 Å². The summed E-state index contributed by atoms with van der Waals surface area (Å²) in [5.41, 5.74) is 1.38. The highest BCUT2D eigenvalue weighted by molar-refractivity contribution is 5.24. The lowest BCUT2D eigenvalue weighted by Gasteiger charge is -2.34. The van der Waals surface area contributed by atoms with Crippen LogP contribution in [0.2, 0.25) is 0 Å². The first-order valence-electron chi connectivity index (χ1n) is 7.73. The predicted molar refractivity (Wildman–Crippen MR) is 77.3 cm³/mol. The van der Waals surface area contributed by atoms with Crippen LogP contribution in [0.4, 0.5) is 0 Å². The van der Waals surface area contributed by atoms with Crippen molar-refractivity contribution in [1.29, 1.82) is 0 Å². The van der Waals surface area contributed by atoms with Crippen LogP contribution in [0.15, 0.2) is 10.5 Å². The number of furan rings is 1. The molecule has 0 amide bonds. The molecule has 1 aromatic rings. The van der Waals surface area contributed by atoms with Gasteiger partial charge in [0.15, 0.2) is 0 Å². The van der Waals surface area contributed by atoms with E-state index in [9.17, 15) is 0 Å². The molecule has 0 saturated carbocycles. The SMILES string of the molecule is Cc1cc(C(C)N2CCCC2C2CCCN2)c(C)o1. The van der Waals surface area contributed by atoms with E-state index in [0.29, 0.717) is 18.1 Å². The molecule has 2 fully saturated rings. The van der Waals surface area contributed by atoms with Gasteiger partial charge in [-0.3, -0.25) is 4.90 Å². The molecule has 3 unspecified atom stereocenters. The van der Waals surface area contributed by atoms with Gasteiger partial charge in [0.2, 0.25) is 0 Å². The standard InChI is InChI=1S/C16H26N2O/c1-11-10-14(13(3)19-11)12(2)18-9-5-7-16(18)15-6-4-8-17-15/h10,12,15-17H,4-9H2,1-3H3. The molecule has 2 aliphatic rings. The molecule has 3 heteroatoms. The molecule has 19 heavy (non-hydrogen) atoms. The van der Waals surface area contributed by atoms with E-state index in [0.717, 1.165) is 11.5 Å². The molecule has 3 rings (SSSR count). The van der Waals surface area contributed by atoms with E-state index < -0.39 is 0 Å². The Labute approximate surface area is 116 Å². The van der Waals surface area contributed by atoms with E-state index in [2.05, 4.69) is 30.1 Å². The normalized spacial score (nSPS) is 30.1. The van der Waals surface area contributed by atoms with Crippen molar-refractivity contribution in [2.75, 3.05) is 13.1 Å². The van der Waals surface area contributed by atoms with Crippen LogP contribution in [0.1, 0.15) is 55.7 Å². The average Bonchev–Trinajstić information content (AvgIpc) is 3.06. The minimum Gasteiger partial charge on any atom is -0.466 e. The molecule has 1 N–H and O–H groups in total. The van der Waals surface area contributed by atoms with Crippen molar-refractivity contribution >= 4 is 0 Å². The van der Waals surface area contributed by atoms with Gasteiger partial charge in [0.1, 0.15) is 11.5 Å². The highest BCUT2D eigenvalue weighted by Gasteiger charge is 2.36. The van der Waals surface area contributed by atoms with E-state index >= 15 is 0 Å². The Kier molecular flexibility index (Phi) is 3.68. The van der Waals surface area contributed by atoms with Crippen molar-refractivity contribution < 1.29 is 4.42 Å². The predicted octanol–water partition coefficient (Wildman–Crippen LogP) is 3.17. The summed E-state index contributed by atoms with van der Waals surface area (Å²) in [6.07, 6.45) is 5.37. The molecule has 0 bridgehead atoms. The second-order valence-electron chi connectivity index (χ2n) is 6.19. The van der Waals surface area contributed by atoms with E-state index in [4.69, 9.17) is 4.42 Å². The fraction of sp³-hybridized carbons (Fsp3) is 0.750. The summed E-state index contributed by atoms with van der Waals surface area (Å²) < 4.78 is 5.71. The maximum absolute atomic E-state index is 5.71. The van der Waals surface area contributed by atoms with Gasteiger partial charge in [-0.15, -0.1) is 0 Å². The summed E-state index contributed by atoms with van der Waals surface area (Å²) in [6.45, 7) is 8.91. The van der Waals surface area contributed by atoms with Crippen LogP contribution in [0.5, 0.6) is 0 Å². The van der Waals surface area contributed by atoms with Gasteiger partial charge in [-0.25, -0.2) is 0 Å². The topological polar surface area (TPSA) is 28.4 Å². The van der Waals surface area contributed by atoms with Gasteiger partial charge >= 0.3 is 0 Å². The Hall–Kier alpha value is -0.800. The Morgan fingerprint density at radius 2 is 2.16 bits per heavy atom. The number of nitrogens with one attached hydrogen (secondary N) is 1. The van der Waals surface area contributed by atoms with Crippen LogP contribution in [-0.2, 0) is 0 Å². The molecular formula is C16H26N2O. The van der Waals surface area contributed by atoms with Gasteiger partial charge in [0.05, 0.1) is 0 Å². The summed E-state index contributed by atoms with van der Waals surface area (Å²) in [5.74, 6) is 2.13. The van der Waals surface area contributed by atoms with Crippen molar-refractivity contribution in [2.45, 2.75) is 64.6 Å². The Balaban J connectivity index is 1.78. The van der Waals surface area contributed by atoms with Gasteiger partial charge in [0.25, 0.3) is 0 Å². The van der Waals surface area contributed by atoms with Gasteiger partial charge < -0.3 is 9.73 Å². The first-order valence-corrected chi connectivity index (χ1v) is 7.73. The lowest BCUT2D eigenvalue weighted by Crippen LogP contribution is -2.44. The molecule has 3 heterocycles. The largest absolute Gasteiger partial charge is 0.466 e. The first kappa shape index (κ1) is 13.2. The van der Waals surface area contributed by atoms with E-state index in [-0.39, 0.29) is 0 Å². The molecule has 2 saturated heterocycles. The second kappa shape index (κ2) is 5.29. The van der Waals surface area contributed by atoms with Crippen LogP contribution in [0.25, 0.3) is 0 Å². The molecule has 1 aromatic heterocycles. The van der Waals surface area contributed by atoms with Crippen LogP contribution in [0, 0.1) is 13.8 Å². The zero-order valence-electron chi connectivity index (χ0n) is 12.4. The molecule has 0 radical (unpaired) electrons. The zero-order valence-corrected chi connectivity index (χ0v) is 12.4. The van der Waals surface area contributed by atoms with E-state index in [1.165, 1.54) is 44.3 Å². The smallest absolute Gasteiger partial charge is 0.105 e. The number of aryl methyl sites for hydroxylation is 2. The minimum absolute atomic E-state index is 0.479. The quantitative estimate of drug-likeness (QED) is 0.907. The highest BCUT2D eigenvalue weighted by atomic mass is 16.3. The maximum atomic E-state index is 5.71. The maximum Gasteiger partial charge on any atom is 0.105 e. The summed E-state index contributed by atoms with van der Waals surface area (Å²) >= 11 is 0. The van der Waals surface area contributed by atoms with Gasteiger partial charge in [-0.05, 0) is 65.6 Å². The Morgan fingerprint density at radius 3 is 2.79 bits per heavy atom. The van der Waals surface area contributed by atoms with Crippen molar-refractivity contribution in [3.63, 3.8) is 0 Å². The fourth-order valence-corrected chi connectivity index (χ4v) is 4.01. The third kappa shape index (κ3) is 2.46. The van der Waals surface area contributed by atoms with E-state index in [1.807, 2.05) is 6.92 Å². The molecule has 0 aliphatic carbocycles. The summed E-state index contributed by atoms with van der Waals surface area (Å²) in [4.78, 5) is 2.69. The van der Waals surface area contributed by atoms with Crippen LogP contribution < -0.4 is 5.32 Å². The van der Waals surface area contributed by atoms with E-state index in [1.54, 1.807) is 0 Å². The van der Waals surface area contributed by atoms with Gasteiger partial charge in [-0.1, -0.05) is 0 Å². The van der Waals surface area contributed by atoms with Crippen LogP contribution in [0.3, 0.4) is 0 Å². The molecule has 2 aliphatic heterocycles.